The highest BCUT2D eigenvalue weighted by molar-refractivity contribution is 6.59. The molecule has 0 aliphatic rings. The van der Waals surface area contributed by atoms with Crippen molar-refractivity contribution in [1.82, 2.24) is 9.88 Å². The third-order valence-electron chi connectivity index (χ3n) is 2.91. The molecule has 1 atom stereocenters. The van der Waals surface area contributed by atoms with Crippen LogP contribution in [-0.2, 0) is 0 Å². The molecule has 0 saturated carbocycles. The van der Waals surface area contributed by atoms with Crippen LogP contribution in [0.3, 0.4) is 0 Å². The zero-order valence-corrected chi connectivity index (χ0v) is 12.0. The Kier molecular flexibility index (Phi) is 6.65. The zero-order chi connectivity index (χ0) is 11.2. The molecule has 0 amide bonds. The van der Waals surface area contributed by atoms with E-state index in [9.17, 15) is 0 Å². The lowest BCUT2D eigenvalue weighted by molar-refractivity contribution is 0.298. The van der Waals surface area contributed by atoms with Gasteiger partial charge in [-0.1, -0.05) is 41.5 Å². The van der Waals surface area contributed by atoms with Crippen LogP contribution >= 0.6 is 0 Å². The van der Waals surface area contributed by atoms with Crippen LogP contribution < -0.4 is 4.98 Å². The van der Waals surface area contributed by atoms with E-state index in [4.69, 9.17) is 0 Å². The fourth-order valence-electron chi connectivity index (χ4n) is 1.75. The van der Waals surface area contributed by atoms with E-state index in [1.165, 1.54) is 6.04 Å². The molecular weight excluding hydrogens is 188 g/mol. The van der Waals surface area contributed by atoms with E-state index in [1.807, 2.05) is 0 Å². The van der Waals surface area contributed by atoms with Crippen LogP contribution in [0.15, 0.2) is 0 Å². The van der Waals surface area contributed by atoms with Crippen molar-refractivity contribution < 1.29 is 0 Å². The Bertz CT molecular complexity index is 139. The van der Waals surface area contributed by atoms with Crippen LogP contribution in [0, 0.1) is 0 Å². The predicted molar refractivity (Wildman–Crippen MR) is 68.3 cm³/mol. The molecule has 2 nitrogen and oxygen atoms in total. The van der Waals surface area contributed by atoms with Crippen LogP contribution in [-0.4, -0.2) is 33.6 Å². The summed E-state index contributed by atoms with van der Waals surface area (Å²) in [4.78, 5) is 6.22. The predicted octanol–water partition coefficient (Wildman–Crippen LogP) is 2.42. The summed E-state index contributed by atoms with van der Waals surface area (Å²) in [5, 5.41) is 0.502. The molecule has 0 aromatic rings. The van der Waals surface area contributed by atoms with Gasteiger partial charge in [0, 0.05) is 6.67 Å². The normalized spacial score (nSPS) is 14.8. The third-order valence-corrected chi connectivity index (χ3v) is 6.49. The maximum Gasteiger partial charge on any atom is 0.115 e. The Balaban J connectivity index is 3.95. The van der Waals surface area contributed by atoms with E-state index < -0.39 is 8.96 Å². The van der Waals surface area contributed by atoms with E-state index >= 15 is 0 Å². The van der Waals surface area contributed by atoms with Gasteiger partial charge < -0.3 is 4.98 Å². The number of rotatable bonds is 6. The van der Waals surface area contributed by atoms with Gasteiger partial charge in [0.2, 0.25) is 0 Å². The number of hydrogen-bond acceptors (Lipinski definition) is 2. The molecular formula is C11H28N2Si. The minimum absolute atomic E-state index is 0.502. The smallest absolute Gasteiger partial charge is 0.115 e. The second-order valence-corrected chi connectivity index (χ2v) is 9.05. The van der Waals surface area contributed by atoms with Crippen molar-refractivity contribution in [1.29, 1.82) is 0 Å². The summed E-state index contributed by atoms with van der Waals surface area (Å²) in [5.41, 5.74) is 0. The monoisotopic (exact) mass is 216 g/mol. The standard InChI is InChI=1S/C11H28N2Si/c1-7-13(8-2)10-12-14(9-3)11(4,5)6/h12,14H,7-10H2,1-6H3. The van der Waals surface area contributed by atoms with Crippen molar-refractivity contribution in [3.8, 4) is 0 Å². The highest BCUT2D eigenvalue weighted by atomic mass is 28.3. The zero-order valence-electron chi connectivity index (χ0n) is 10.9. The molecule has 1 N–H and O–H groups in total. The first-order valence-electron chi connectivity index (χ1n) is 5.91. The molecule has 0 aliphatic carbocycles. The van der Waals surface area contributed by atoms with Gasteiger partial charge in [-0.2, -0.15) is 0 Å². The molecule has 0 heterocycles. The van der Waals surface area contributed by atoms with Gasteiger partial charge in [0.05, 0.1) is 0 Å². The van der Waals surface area contributed by atoms with Gasteiger partial charge in [-0.25, -0.2) is 0 Å². The van der Waals surface area contributed by atoms with E-state index in [0.717, 1.165) is 19.8 Å². The second kappa shape index (κ2) is 6.59. The van der Waals surface area contributed by atoms with Crippen molar-refractivity contribution in [2.24, 2.45) is 0 Å². The Hall–Kier alpha value is 0.137. The van der Waals surface area contributed by atoms with Crippen LogP contribution in [0.2, 0.25) is 11.1 Å². The fourth-order valence-corrected chi connectivity index (χ4v) is 4.35. The number of nitrogens with zero attached hydrogens (tertiary/aromatic N) is 1. The molecule has 0 spiro atoms. The Morgan fingerprint density at radius 3 is 1.86 bits per heavy atom. The maximum absolute atomic E-state index is 3.78. The quantitative estimate of drug-likeness (QED) is 0.542. The van der Waals surface area contributed by atoms with Crippen molar-refractivity contribution in [2.75, 3.05) is 19.8 Å². The minimum Gasteiger partial charge on any atom is -0.327 e. The molecule has 14 heavy (non-hydrogen) atoms. The summed E-state index contributed by atoms with van der Waals surface area (Å²) in [6.07, 6.45) is 0. The fraction of sp³-hybridized carbons (Fsp3) is 1.00. The third kappa shape index (κ3) is 5.13. The molecule has 0 aliphatic heterocycles. The Morgan fingerprint density at radius 1 is 1.07 bits per heavy atom. The Morgan fingerprint density at radius 2 is 1.57 bits per heavy atom. The molecule has 0 bridgehead atoms. The first kappa shape index (κ1) is 14.1. The van der Waals surface area contributed by atoms with Crippen LogP contribution in [0.5, 0.6) is 0 Å². The van der Waals surface area contributed by atoms with Crippen molar-refractivity contribution >= 4 is 8.96 Å². The molecule has 0 saturated heterocycles. The topological polar surface area (TPSA) is 15.3 Å². The molecule has 3 heteroatoms. The van der Waals surface area contributed by atoms with E-state index in [-0.39, 0.29) is 0 Å². The van der Waals surface area contributed by atoms with Crippen LogP contribution in [0.25, 0.3) is 0 Å². The van der Waals surface area contributed by atoms with Gasteiger partial charge in [0.1, 0.15) is 8.96 Å². The van der Waals surface area contributed by atoms with Crippen molar-refractivity contribution in [3.63, 3.8) is 0 Å². The van der Waals surface area contributed by atoms with E-state index in [0.29, 0.717) is 5.04 Å². The molecule has 86 valence electrons. The van der Waals surface area contributed by atoms with Gasteiger partial charge in [-0.05, 0) is 24.2 Å². The number of hydrogen-bond donors (Lipinski definition) is 1. The Labute approximate surface area is 91.8 Å². The molecule has 0 rings (SSSR count). The summed E-state index contributed by atoms with van der Waals surface area (Å²) in [6.45, 7) is 17.2. The van der Waals surface area contributed by atoms with Crippen LogP contribution in [0.1, 0.15) is 41.5 Å². The highest BCUT2D eigenvalue weighted by Gasteiger charge is 2.24. The summed E-state index contributed by atoms with van der Waals surface area (Å²) in [7, 11) is -0.777. The summed E-state index contributed by atoms with van der Waals surface area (Å²) >= 11 is 0. The van der Waals surface area contributed by atoms with Gasteiger partial charge >= 0.3 is 0 Å². The minimum atomic E-state index is -0.777. The van der Waals surface area contributed by atoms with Gasteiger partial charge in [0.25, 0.3) is 0 Å². The van der Waals surface area contributed by atoms with E-state index in [2.05, 4.69) is 51.4 Å². The average Bonchev–Trinajstić information content (AvgIpc) is 2.10. The van der Waals surface area contributed by atoms with Gasteiger partial charge in [-0.15, -0.1) is 0 Å². The van der Waals surface area contributed by atoms with Crippen LogP contribution in [0.4, 0.5) is 0 Å². The highest BCUT2D eigenvalue weighted by Crippen LogP contribution is 2.26. The molecule has 1 unspecified atom stereocenters. The van der Waals surface area contributed by atoms with E-state index in [1.54, 1.807) is 0 Å². The average molecular weight is 216 g/mol. The van der Waals surface area contributed by atoms with Crippen molar-refractivity contribution in [2.45, 2.75) is 52.6 Å². The lowest BCUT2D eigenvalue weighted by Gasteiger charge is -2.31. The van der Waals surface area contributed by atoms with Gasteiger partial charge in [0.15, 0.2) is 0 Å². The lowest BCUT2D eigenvalue weighted by Crippen LogP contribution is -2.46. The maximum atomic E-state index is 3.78. The molecule has 0 fully saturated rings. The second-order valence-electron chi connectivity index (χ2n) is 4.99. The van der Waals surface area contributed by atoms with Gasteiger partial charge in [-0.3, -0.25) is 4.90 Å². The molecule has 0 radical (unpaired) electrons. The summed E-state index contributed by atoms with van der Waals surface area (Å²) in [6, 6.07) is 1.34. The summed E-state index contributed by atoms with van der Waals surface area (Å²) < 4.78 is 0. The first-order valence-corrected chi connectivity index (χ1v) is 7.88. The lowest BCUT2D eigenvalue weighted by atomic mass is 10.2. The first-order chi connectivity index (χ1) is 6.45. The molecule has 0 aromatic heterocycles. The van der Waals surface area contributed by atoms with Crippen molar-refractivity contribution in [3.05, 3.63) is 0 Å². The SMILES string of the molecule is CCN(CC)CN[SiH](CC)C(C)(C)C. The largest absolute Gasteiger partial charge is 0.327 e. The summed E-state index contributed by atoms with van der Waals surface area (Å²) in [5.74, 6) is 0. The number of nitrogens with one attached hydrogen (secondary N) is 1. The molecule has 0 aromatic carbocycles.